The minimum atomic E-state index is -0.949. The first-order chi connectivity index (χ1) is 17.2. The second-order valence-corrected chi connectivity index (χ2v) is 14.3. The summed E-state index contributed by atoms with van der Waals surface area (Å²) in [5.41, 5.74) is 1.40. The number of piperidine rings is 1. The molecule has 1 fully saturated rings. The zero-order valence-corrected chi connectivity index (χ0v) is 26.1. The van der Waals surface area contributed by atoms with Crippen LogP contribution >= 0.6 is 0 Å². The molecule has 6 heteroatoms. The molecule has 0 aromatic heterocycles. The average Bonchev–Trinajstić information content (AvgIpc) is 2.78. The zero-order valence-electron chi connectivity index (χ0n) is 26.1. The third-order valence-corrected chi connectivity index (χ3v) is 8.90. The number of unbranched alkanes of at least 4 members (excludes halogenated alkanes) is 1. The zero-order chi connectivity index (χ0) is 29.3. The summed E-state index contributed by atoms with van der Waals surface area (Å²) in [5.74, 6) is -1.70. The number of benzene rings is 1. The number of nitrogens with zero attached hydrogens (tertiary/aromatic N) is 1. The Kier molecular flexibility index (Phi) is 9.79. The van der Waals surface area contributed by atoms with Crippen LogP contribution in [-0.2, 0) is 36.5 Å². The first-order valence-electron chi connectivity index (χ1n) is 14.2. The van der Waals surface area contributed by atoms with E-state index in [4.69, 9.17) is 9.47 Å². The number of carbonyl (C=O) groups excluding carboxylic acids is 2. The lowest BCUT2D eigenvalue weighted by Gasteiger charge is -2.55. The van der Waals surface area contributed by atoms with E-state index in [-0.39, 0.29) is 40.2 Å². The van der Waals surface area contributed by atoms with E-state index >= 15 is 0 Å². The highest BCUT2D eigenvalue weighted by atomic mass is 16.6. The fraction of sp³-hybridized carbons (Fsp3) is 0.750. The number of hydrogen-bond acceptors (Lipinski definition) is 6. The third-order valence-electron chi connectivity index (χ3n) is 8.90. The lowest BCUT2D eigenvalue weighted by molar-refractivity contribution is -0.181. The summed E-state index contributed by atoms with van der Waals surface area (Å²) < 4.78 is 11.8. The van der Waals surface area contributed by atoms with Gasteiger partial charge >= 0.3 is 11.9 Å². The fourth-order valence-electron chi connectivity index (χ4n) is 5.18. The van der Waals surface area contributed by atoms with Gasteiger partial charge in [-0.3, -0.25) is 9.59 Å². The molecule has 0 spiro atoms. The Labute approximate surface area is 231 Å². The maximum Gasteiger partial charge on any atom is 0.320 e. The largest absolute Gasteiger partial charge is 0.507 e. The van der Waals surface area contributed by atoms with Crippen molar-refractivity contribution in [1.82, 2.24) is 4.90 Å². The molecule has 0 amide bonds. The molecule has 2 unspecified atom stereocenters. The number of carbonyl (C=O) groups is 2. The fourth-order valence-corrected chi connectivity index (χ4v) is 5.18. The number of ether oxygens (including phenoxy) is 2. The van der Waals surface area contributed by atoms with E-state index in [2.05, 4.69) is 39.6 Å². The minimum Gasteiger partial charge on any atom is -0.507 e. The highest BCUT2D eigenvalue weighted by Gasteiger charge is 2.51. The molecule has 0 radical (unpaired) electrons. The summed E-state index contributed by atoms with van der Waals surface area (Å²) in [6.45, 7) is 23.8. The predicted molar refractivity (Wildman–Crippen MR) is 153 cm³/mol. The second kappa shape index (κ2) is 11.6. The number of likely N-dealkylation sites (tertiary alicyclic amines) is 1. The number of rotatable bonds is 8. The van der Waals surface area contributed by atoms with Crippen molar-refractivity contribution in [2.45, 2.75) is 131 Å². The van der Waals surface area contributed by atoms with Crippen LogP contribution in [0.1, 0.15) is 119 Å². The number of esters is 2. The molecule has 1 aromatic rings. The summed E-state index contributed by atoms with van der Waals surface area (Å²) in [7, 11) is 2.10. The molecule has 1 aromatic carbocycles. The molecular weight excluding hydrogens is 478 g/mol. The first-order valence-corrected chi connectivity index (χ1v) is 14.2. The lowest BCUT2D eigenvalue weighted by atomic mass is 9.66. The van der Waals surface area contributed by atoms with Crippen molar-refractivity contribution in [3.8, 4) is 5.75 Å². The molecule has 1 heterocycles. The van der Waals surface area contributed by atoms with Crippen LogP contribution in [0.2, 0.25) is 0 Å². The molecule has 1 N–H and O–H groups in total. The Morgan fingerprint density at radius 1 is 1.03 bits per heavy atom. The number of phenolic OH excluding ortho intramolecular Hbond substituents is 1. The van der Waals surface area contributed by atoms with Crippen molar-refractivity contribution in [1.29, 1.82) is 0 Å². The molecule has 0 aliphatic carbocycles. The van der Waals surface area contributed by atoms with Gasteiger partial charge in [0, 0.05) is 17.5 Å². The minimum absolute atomic E-state index is 0.0356. The molecule has 38 heavy (non-hydrogen) atoms. The van der Waals surface area contributed by atoms with Crippen LogP contribution in [0.4, 0.5) is 0 Å². The van der Waals surface area contributed by atoms with Crippen molar-refractivity contribution in [2.24, 2.45) is 11.3 Å². The van der Waals surface area contributed by atoms with Crippen LogP contribution in [0.15, 0.2) is 12.1 Å². The molecule has 1 saturated heterocycles. The Morgan fingerprint density at radius 3 is 2.03 bits per heavy atom. The highest BCUT2D eigenvalue weighted by molar-refractivity contribution is 5.95. The van der Waals surface area contributed by atoms with Crippen LogP contribution in [0.25, 0.3) is 0 Å². The van der Waals surface area contributed by atoms with Gasteiger partial charge in [0.1, 0.15) is 18.5 Å². The molecule has 1 aliphatic heterocycles. The molecule has 6 nitrogen and oxygen atoms in total. The maximum absolute atomic E-state index is 13.4. The Bertz CT molecular complexity index is 961. The number of hydrogen-bond donors (Lipinski definition) is 1. The second-order valence-electron chi connectivity index (χ2n) is 14.3. The maximum atomic E-state index is 13.4. The SMILES string of the molecule is CCCCC(C(=O)OCc1cc(C(C)(C)C)c(O)c(C(C)(C)C)c1)C(=O)OC1CCN(C)C(C)(C)C1(C)C. The van der Waals surface area contributed by atoms with E-state index in [1.807, 2.05) is 60.6 Å². The van der Waals surface area contributed by atoms with Gasteiger partial charge in [-0.25, -0.2) is 0 Å². The van der Waals surface area contributed by atoms with Crippen LogP contribution in [0, 0.1) is 11.3 Å². The molecule has 0 bridgehead atoms. The van der Waals surface area contributed by atoms with Gasteiger partial charge in [0.15, 0.2) is 5.92 Å². The molecule has 1 aliphatic rings. The molecule has 2 rings (SSSR count). The van der Waals surface area contributed by atoms with Gasteiger partial charge in [0.05, 0.1) is 0 Å². The Morgan fingerprint density at radius 2 is 1.55 bits per heavy atom. The van der Waals surface area contributed by atoms with Crippen molar-refractivity contribution in [3.63, 3.8) is 0 Å². The van der Waals surface area contributed by atoms with Crippen LogP contribution in [0.5, 0.6) is 5.75 Å². The topological polar surface area (TPSA) is 76.1 Å². The van der Waals surface area contributed by atoms with Gasteiger partial charge in [-0.05, 0) is 73.4 Å². The van der Waals surface area contributed by atoms with Gasteiger partial charge in [-0.1, -0.05) is 75.2 Å². The Balaban J connectivity index is 2.26. The molecule has 2 atom stereocenters. The molecular formula is C32H53NO5. The van der Waals surface area contributed by atoms with E-state index in [0.717, 1.165) is 42.5 Å². The summed E-state index contributed by atoms with van der Waals surface area (Å²) in [4.78, 5) is 29.0. The van der Waals surface area contributed by atoms with Crippen LogP contribution in [-0.4, -0.2) is 47.2 Å². The summed E-state index contributed by atoms with van der Waals surface area (Å²) in [6.07, 6.45) is 2.46. The smallest absolute Gasteiger partial charge is 0.320 e. The monoisotopic (exact) mass is 531 g/mol. The summed E-state index contributed by atoms with van der Waals surface area (Å²) in [5, 5.41) is 11.0. The average molecular weight is 532 g/mol. The standard InChI is InChI=1S/C32H53NO5/c1-13-14-15-22(28(36)38-25-16-17-33(12)32(10,11)31(25,8)9)27(35)37-20-21-18-23(29(2,3)4)26(34)24(19-21)30(5,6)7/h18-19,22,25,34H,13-17,20H2,1-12H3. The predicted octanol–water partition coefficient (Wildman–Crippen LogP) is 6.89. The van der Waals surface area contributed by atoms with Crippen molar-refractivity contribution >= 4 is 11.9 Å². The number of aromatic hydroxyl groups is 1. The summed E-state index contributed by atoms with van der Waals surface area (Å²) >= 11 is 0. The van der Waals surface area contributed by atoms with Crippen molar-refractivity contribution < 1.29 is 24.2 Å². The van der Waals surface area contributed by atoms with Gasteiger partial charge in [-0.15, -0.1) is 0 Å². The van der Waals surface area contributed by atoms with E-state index in [1.54, 1.807) is 0 Å². The molecule has 0 saturated carbocycles. The third kappa shape index (κ3) is 6.91. The number of phenols is 1. The first kappa shape index (κ1) is 32.1. The van der Waals surface area contributed by atoms with Gasteiger partial charge in [0.2, 0.25) is 0 Å². The Hall–Kier alpha value is -2.08. The highest BCUT2D eigenvalue weighted by Crippen LogP contribution is 2.44. The normalized spacial score (nSPS) is 20.6. The van der Waals surface area contributed by atoms with Crippen LogP contribution < -0.4 is 0 Å². The lowest BCUT2D eigenvalue weighted by Crippen LogP contribution is -2.62. The van der Waals surface area contributed by atoms with Gasteiger partial charge < -0.3 is 19.5 Å². The van der Waals surface area contributed by atoms with Gasteiger partial charge in [-0.2, -0.15) is 0 Å². The van der Waals surface area contributed by atoms with Gasteiger partial charge in [0.25, 0.3) is 0 Å². The van der Waals surface area contributed by atoms with Crippen LogP contribution in [0.3, 0.4) is 0 Å². The van der Waals surface area contributed by atoms with Crippen molar-refractivity contribution in [2.75, 3.05) is 13.6 Å². The quantitative estimate of drug-likeness (QED) is 0.291. The summed E-state index contributed by atoms with van der Waals surface area (Å²) in [6, 6.07) is 3.81. The van der Waals surface area contributed by atoms with Crippen molar-refractivity contribution in [3.05, 3.63) is 28.8 Å². The van der Waals surface area contributed by atoms with E-state index in [1.165, 1.54) is 0 Å². The van der Waals surface area contributed by atoms with E-state index in [9.17, 15) is 14.7 Å². The molecule has 216 valence electrons. The van der Waals surface area contributed by atoms with E-state index in [0.29, 0.717) is 6.42 Å². The van der Waals surface area contributed by atoms with E-state index < -0.39 is 17.9 Å².